The van der Waals surface area contributed by atoms with Gasteiger partial charge in [-0.25, -0.2) is 14.5 Å². The van der Waals surface area contributed by atoms with Crippen LogP contribution in [0.4, 0.5) is 10.1 Å². The van der Waals surface area contributed by atoms with Gasteiger partial charge in [0.05, 0.1) is 11.9 Å². The van der Waals surface area contributed by atoms with E-state index in [0.717, 1.165) is 5.56 Å². The molecule has 0 aliphatic carbocycles. The fraction of sp³-hybridized carbons (Fsp3) is 0.0625. The number of nitrogens with zero attached hydrogens (tertiary/aromatic N) is 2. The zero-order chi connectivity index (χ0) is 16.9. The molecule has 0 amide bonds. The van der Waals surface area contributed by atoms with Crippen LogP contribution < -0.4 is 15.6 Å². The molecule has 0 aliphatic rings. The van der Waals surface area contributed by atoms with E-state index in [1.165, 1.54) is 30.5 Å². The van der Waals surface area contributed by atoms with E-state index in [-0.39, 0.29) is 10.8 Å². The zero-order valence-corrected chi connectivity index (χ0v) is 13.0. The summed E-state index contributed by atoms with van der Waals surface area (Å²) in [5.41, 5.74) is 0.827. The maximum absolute atomic E-state index is 12.9. The van der Waals surface area contributed by atoms with Gasteiger partial charge in [0.1, 0.15) is 16.6 Å². The number of halogens is 2. The number of aromatic amines is 1. The summed E-state index contributed by atoms with van der Waals surface area (Å²) < 4.78 is 18.5. The number of hydrogen-bond acceptors (Lipinski definition) is 5. The van der Waals surface area contributed by atoms with Gasteiger partial charge in [-0.05, 0) is 35.9 Å². The van der Waals surface area contributed by atoms with Crippen LogP contribution in [0.25, 0.3) is 0 Å². The lowest BCUT2D eigenvalue weighted by Crippen LogP contribution is -2.11. The summed E-state index contributed by atoms with van der Waals surface area (Å²) in [6, 6.07) is 9.17. The van der Waals surface area contributed by atoms with Crippen molar-refractivity contribution >= 4 is 17.3 Å². The van der Waals surface area contributed by atoms with Crippen molar-refractivity contribution in [1.82, 2.24) is 15.2 Å². The first-order chi connectivity index (χ1) is 11.6. The van der Waals surface area contributed by atoms with Gasteiger partial charge in [0.2, 0.25) is 5.88 Å². The topological polar surface area (TPSA) is 79.9 Å². The Kier molecular flexibility index (Phi) is 4.72. The van der Waals surface area contributed by atoms with Crippen LogP contribution in [0.3, 0.4) is 0 Å². The van der Waals surface area contributed by atoms with Gasteiger partial charge >= 0.3 is 0 Å². The second-order valence-electron chi connectivity index (χ2n) is 4.84. The predicted molar refractivity (Wildman–Crippen MR) is 87.9 cm³/mol. The third-order valence-corrected chi connectivity index (χ3v) is 3.49. The number of nitrogens with one attached hydrogen (secondary N) is 2. The summed E-state index contributed by atoms with van der Waals surface area (Å²) in [6.07, 6.45) is 3.02. The lowest BCUT2D eigenvalue weighted by atomic mass is 10.2. The van der Waals surface area contributed by atoms with E-state index in [1.54, 1.807) is 18.3 Å². The van der Waals surface area contributed by atoms with Crippen molar-refractivity contribution in [2.75, 3.05) is 5.32 Å². The predicted octanol–water partition coefficient (Wildman–Crippen LogP) is 3.36. The van der Waals surface area contributed by atoms with Crippen LogP contribution in [0.2, 0.25) is 5.02 Å². The Hall–Kier alpha value is -2.93. The molecule has 0 spiro atoms. The average molecular weight is 347 g/mol. The number of rotatable bonds is 5. The first-order valence-electron chi connectivity index (χ1n) is 6.97. The summed E-state index contributed by atoms with van der Waals surface area (Å²) in [5.74, 6) is 0.517. The molecule has 2 aromatic heterocycles. The minimum Gasteiger partial charge on any atom is -0.439 e. The Morgan fingerprint density at radius 2 is 2.04 bits per heavy atom. The fourth-order valence-electron chi connectivity index (χ4n) is 1.94. The number of benzene rings is 1. The SMILES string of the molecule is O=c1[nH]ncc(NCc2ccnc(Oc3ccc(F)cc3)c2)c1Cl. The second kappa shape index (κ2) is 7.10. The molecule has 3 aromatic rings. The van der Waals surface area contributed by atoms with Gasteiger partial charge in [-0.2, -0.15) is 5.10 Å². The second-order valence-corrected chi connectivity index (χ2v) is 5.22. The summed E-state index contributed by atoms with van der Waals surface area (Å²) >= 11 is 5.90. The highest BCUT2D eigenvalue weighted by Crippen LogP contribution is 2.21. The molecule has 0 atom stereocenters. The van der Waals surface area contributed by atoms with Gasteiger partial charge < -0.3 is 10.1 Å². The molecule has 0 aliphatic heterocycles. The fourth-order valence-corrected chi connectivity index (χ4v) is 2.10. The first-order valence-corrected chi connectivity index (χ1v) is 7.35. The molecule has 0 saturated carbocycles. The van der Waals surface area contributed by atoms with Gasteiger partial charge in [0, 0.05) is 18.8 Å². The molecule has 6 nitrogen and oxygen atoms in total. The van der Waals surface area contributed by atoms with Crippen LogP contribution in [0.5, 0.6) is 11.6 Å². The molecule has 1 aromatic carbocycles. The van der Waals surface area contributed by atoms with Crippen LogP contribution in [-0.2, 0) is 6.54 Å². The highest BCUT2D eigenvalue weighted by atomic mass is 35.5. The summed E-state index contributed by atoms with van der Waals surface area (Å²) in [7, 11) is 0. The Morgan fingerprint density at radius 1 is 1.25 bits per heavy atom. The highest BCUT2D eigenvalue weighted by Gasteiger charge is 2.06. The van der Waals surface area contributed by atoms with Gasteiger partial charge in [-0.1, -0.05) is 11.6 Å². The lowest BCUT2D eigenvalue weighted by molar-refractivity contribution is 0.460. The average Bonchev–Trinajstić information content (AvgIpc) is 2.59. The van der Waals surface area contributed by atoms with Crippen LogP contribution in [-0.4, -0.2) is 15.2 Å². The van der Waals surface area contributed by atoms with Crippen molar-refractivity contribution in [1.29, 1.82) is 0 Å². The van der Waals surface area contributed by atoms with E-state index in [0.29, 0.717) is 23.9 Å². The largest absolute Gasteiger partial charge is 0.439 e. The summed E-state index contributed by atoms with van der Waals surface area (Å²) in [4.78, 5) is 15.5. The Labute approximate surface area is 141 Å². The molecule has 0 fully saturated rings. The van der Waals surface area contributed by atoms with Crippen LogP contribution in [0.15, 0.2) is 53.6 Å². The van der Waals surface area contributed by atoms with Crippen LogP contribution >= 0.6 is 11.6 Å². The maximum atomic E-state index is 12.9. The molecule has 0 saturated heterocycles. The van der Waals surface area contributed by atoms with Crippen molar-refractivity contribution in [2.45, 2.75) is 6.54 Å². The van der Waals surface area contributed by atoms with Crippen molar-refractivity contribution in [2.24, 2.45) is 0 Å². The molecule has 2 N–H and O–H groups in total. The van der Waals surface area contributed by atoms with Gasteiger partial charge in [0.15, 0.2) is 0 Å². The lowest BCUT2D eigenvalue weighted by Gasteiger charge is -2.09. The van der Waals surface area contributed by atoms with Gasteiger partial charge in [-0.15, -0.1) is 0 Å². The van der Waals surface area contributed by atoms with E-state index >= 15 is 0 Å². The Morgan fingerprint density at radius 3 is 2.83 bits per heavy atom. The maximum Gasteiger partial charge on any atom is 0.285 e. The number of hydrogen-bond donors (Lipinski definition) is 2. The molecule has 8 heteroatoms. The van der Waals surface area contributed by atoms with Crippen LogP contribution in [0.1, 0.15) is 5.56 Å². The van der Waals surface area contributed by atoms with E-state index in [4.69, 9.17) is 16.3 Å². The molecule has 2 heterocycles. The standard InChI is InChI=1S/C16H12ClFN4O2/c17-15-13(9-21-22-16(15)23)20-8-10-5-6-19-14(7-10)24-12-3-1-11(18)2-4-12/h1-7,9H,8H2,(H2,20,22,23). The molecule has 0 radical (unpaired) electrons. The minimum absolute atomic E-state index is 0.0434. The third kappa shape index (κ3) is 3.88. The molecule has 122 valence electrons. The monoisotopic (exact) mass is 346 g/mol. The molecule has 0 bridgehead atoms. The van der Waals surface area contributed by atoms with Crippen LogP contribution in [0, 0.1) is 5.82 Å². The quantitative estimate of drug-likeness (QED) is 0.740. The molecule has 0 unspecified atom stereocenters. The van der Waals surface area contributed by atoms with Crippen molar-refractivity contribution in [3.8, 4) is 11.6 Å². The molecular formula is C16H12ClFN4O2. The Balaban J connectivity index is 1.70. The molecule has 24 heavy (non-hydrogen) atoms. The number of ether oxygens (including phenoxy) is 1. The number of anilines is 1. The smallest absolute Gasteiger partial charge is 0.285 e. The normalized spacial score (nSPS) is 10.4. The van der Waals surface area contributed by atoms with Gasteiger partial charge in [-0.3, -0.25) is 4.79 Å². The van der Waals surface area contributed by atoms with Crippen molar-refractivity contribution in [3.05, 3.63) is 75.5 Å². The highest BCUT2D eigenvalue weighted by molar-refractivity contribution is 6.32. The zero-order valence-electron chi connectivity index (χ0n) is 12.3. The molecular weight excluding hydrogens is 335 g/mol. The first kappa shape index (κ1) is 15.9. The van der Waals surface area contributed by atoms with E-state index in [1.807, 2.05) is 0 Å². The van der Waals surface area contributed by atoms with E-state index in [9.17, 15) is 9.18 Å². The minimum atomic E-state index is -0.461. The van der Waals surface area contributed by atoms with Crippen molar-refractivity contribution in [3.63, 3.8) is 0 Å². The Bertz CT molecular complexity index is 899. The number of H-pyrrole nitrogens is 1. The van der Waals surface area contributed by atoms with E-state index in [2.05, 4.69) is 20.5 Å². The number of aromatic nitrogens is 3. The number of pyridine rings is 1. The summed E-state index contributed by atoms with van der Waals surface area (Å²) in [5, 5.41) is 8.99. The van der Waals surface area contributed by atoms with Gasteiger partial charge in [0.25, 0.3) is 5.56 Å². The molecule has 3 rings (SSSR count). The third-order valence-electron chi connectivity index (χ3n) is 3.11. The summed E-state index contributed by atoms with van der Waals surface area (Å²) in [6.45, 7) is 0.396. The van der Waals surface area contributed by atoms with E-state index < -0.39 is 5.56 Å². The van der Waals surface area contributed by atoms with Crippen molar-refractivity contribution < 1.29 is 9.13 Å².